The van der Waals surface area contributed by atoms with Crippen LogP contribution in [0.15, 0.2) is 24.8 Å². The minimum atomic E-state index is 0.652. The molecule has 0 bridgehead atoms. The number of nitrogens with zero attached hydrogens (tertiary/aromatic N) is 3. The van der Waals surface area contributed by atoms with Gasteiger partial charge >= 0.3 is 0 Å². The second-order valence-corrected chi connectivity index (χ2v) is 7.09. The van der Waals surface area contributed by atoms with Crippen LogP contribution in [-0.4, -0.2) is 22.6 Å². The number of fused-ring (bicyclic) bond motifs is 3. The van der Waals surface area contributed by atoms with Crippen molar-refractivity contribution in [2.75, 3.05) is 18.0 Å². The van der Waals surface area contributed by atoms with Gasteiger partial charge in [-0.05, 0) is 44.7 Å². The molecule has 3 heteroatoms. The lowest BCUT2D eigenvalue weighted by molar-refractivity contribution is 0.355. The molecular formula is C20H27N3. The number of anilines is 1. The highest BCUT2D eigenvalue weighted by Gasteiger charge is 2.24. The first-order chi connectivity index (χ1) is 11.3. The van der Waals surface area contributed by atoms with Crippen LogP contribution in [0.2, 0.25) is 0 Å². The molecule has 0 atom stereocenters. The third kappa shape index (κ3) is 2.46. The summed E-state index contributed by atoms with van der Waals surface area (Å²) < 4.78 is 2.53. The van der Waals surface area contributed by atoms with E-state index in [9.17, 15) is 0 Å². The van der Waals surface area contributed by atoms with Gasteiger partial charge in [-0.1, -0.05) is 25.3 Å². The minimum Gasteiger partial charge on any atom is -0.368 e. The van der Waals surface area contributed by atoms with Gasteiger partial charge in [0.2, 0.25) is 0 Å². The highest BCUT2D eigenvalue weighted by Crippen LogP contribution is 2.37. The fourth-order valence-corrected chi connectivity index (χ4v) is 4.58. The van der Waals surface area contributed by atoms with Gasteiger partial charge in [-0.15, -0.1) is 6.58 Å². The Balaban J connectivity index is 1.82. The summed E-state index contributed by atoms with van der Waals surface area (Å²) in [5, 5.41) is 0. The lowest BCUT2D eigenvalue weighted by Gasteiger charge is -2.31. The van der Waals surface area contributed by atoms with Crippen molar-refractivity contribution in [3.63, 3.8) is 0 Å². The molecule has 0 N–H and O–H groups in total. The first-order valence-corrected chi connectivity index (χ1v) is 9.16. The summed E-state index contributed by atoms with van der Waals surface area (Å²) in [5.41, 5.74) is 5.43. The molecule has 1 fully saturated rings. The van der Waals surface area contributed by atoms with Crippen molar-refractivity contribution in [3.8, 4) is 0 Å². The number of aryl methyl sites for hydroxylation is 2. The Morgan fingerprint density at radius 3 is 2.83 bits per heavy atom. The summed E-state index contributed by atoms with van der Waals surface area (Å²) in [5.74, 6) is 1.20. The van der Waals surface area contributed by atoms with Gasteiger partial charge in [-0.3, -0.25) is 0 Å². The van der Waals surface area contributed by atoms with Crippen LogP contribution in [0.25, 0.3) is 11.0 Å². The number of hydrogen-bond acceptors (Lipinski definition) is 2. The molecule has 1 aromatic heterocycles. The Bertz CT molecular complexity index is 722. The third-order valence-electron chi connectivity index (χ3n) is 5.60. The van der Waals surface area contributed by atoms with E-state index in [1.54, 1.807) is 0 Å². The van der Waals surface area contributed by atoms with Crippen LogP contribution in [0, 0.1) is 6.92 Å². The normalized spacial score (nSPS) is 19.1. The molecule has 0 radical (unpaired) electrons. The highest BCUT2D eigenvalue weighted by atomic mass is 15.1. The number of rotatable bonds is 3. The molecular weight excluding hydrogens is 282 g/mol. The second kappa shape index (κ2) is 6.03. The van der Waals surface area contributed by atoms with Gasteiger partial charge in [0.15, 0.2) is 0 Å². The monoisotopic (exact) mass is 309 g/mol. The maximum atomic E-state index is 5.01. The van der Waals surface area contributed by atoms with Crippen molar-refractivity contribution < 1.29 is 0 Å². The third-order valence-corrected chi connectivity index (χ3v) is 5.60. The van der Waals surface area contributed by atoms with E-state index in [0.29, 0.717) is 6.04 Å². The van der Waals surface area contributed by atoms with E-state index in [-0.39, 0.29) is 0 Å². The summed E-state index contributed by atoms with van der Waals surface area (Å²) in [6.07, 6.45) is 11.1. The molecule has 1 saturated carbocycles. The number of aromatic nitrogens is 2. The first kappa shape index (κ1) is 14.8. The second-order valence-electron chi connectivity index (χ2n) is 7.09. The van der Waals surface area contributed by atoms with Gasteiger partial charge in [0, 0.05) is 30.4 Å². The fraction of sp³-hybridized carbons (Fsp3) is 0.550. The van der Waals surface area contributed by atoms with Gasteiger partial charge in [-0.25, -0.2) is 4.98 Å². The molecule has 23 heavy (non-hydrogen) atoms. The molecule has 122 valence electrons. The van der Waals surface area contributed by atoms with E-state index in [2.05, 4.69) is 35.1 Å². The summed E-state index contributed by atoms with van der Waals surface area (Å²) in [4.78, 5) is 7.45. The van der Waals surface area contributed by atoms with Crippen molar-refractivity contribution >= 4 is 16.7 Å². The standard InChI is InChI=1S/C20H27N3/c1-3-13-22-14-7-10-17-18(22)11-12-19-20(17)21-15(2)23(19)16-8-5-4-6-9-16/h3,11-12,16H,1,4-10,13-14H2,2H3. The smallest absolute Gasteiger partial charge is 0.106 e. The van der Waals surface area contributed by atoms with Crippen molar-refractivity contribution in [3.05, 3.63) is 36.2 Å². The molecule has 0 saturated heterocycles. The topological polar surface area (TPSA) is 21.1 Å². The largest absolute Gasteiger partial charge is 0.368 e. The quantitative estimate of drug-likeness (QED) is 0.760. The SMILES string of the molecule is C=CCN1CCCc2c1ccc1c2nc(C)n1C1CCCCC1. The molecule has 2 aliphatic rings. The van der Waals surface area contributed by atoms with Gasteiger partial charge in [-0.2, -0.15) is 0 Å². The minimum absolute atomic E-state index is 0.652. The summed E-state index contributed by atoms with van der Waals surface area (Å²) in [7, 11) is 0. The van der Waals surface area contributed by atoms with Crippen LogP contribution in [0.1, 0.15) is 56.0 Å². The van der Waals surface area contributed by atoms with Crippen molar-refractivity contribution in [2.24, 2.45) is 0 Å². The van der Waals surface area contributed by atoms with Crippen molar-refractivity contribution in [1.29, 1.82) is 0 Å². The van der Waals surface area contributed by atoms with E-state index in [1.807, 2.05) is 6.08 Å². The molecule has 0 amide bonds. The van der Waals surface area contributed by atoms with Crippen LogP contribution in [0.3, 0.4) is 0 Å². The lowest BCUT2D eigenvalue weighted by Crippen LogP contribution is -2.29. The molecule has 3 nitrogen and oxygen atoms in total. The maximum absolute atomic E-state index is 5.01. The van der Waals surface area contributed by atoms with E-state index in [0.717, 1.165) is 19.5 Å². The fourth-order valence-electron chi connectivity index (χ4n) is 4.58. The zero-order chi connectivity index (χ0) is 15.8. The van der Waals surface area contributed by atoms with Gasteiger partial charge in [0.05, 0.1) is 11.0 Å². The van der Waals surface area contributed by atoms with E-state index >= 15 is 0 Å². The predicted molar refractivity (Wildman–Crippen MR) is 97.3 cm³/mol. The maximum Gasteiger partial charge on any atom is 0.106 e. The molecule has 0 unspecified atom stereocenters. The van der Waals surface area contributed by atoms with Crippen LogP contribution in [0.5, 0.6) is 0 Å². The Morgan fingerprint density at radius 1 is 1.22 bits per heavy atom. The molecule has 1 aliphatic heterocycles. The summed E-state index contributed by atoms with van der Waals surface area (Å²) in [6, 6.07) is 5.28. The van der Waals surface area contributed by atoms with Crippen LogP contribution in [-0.2, 0) is 6.42 Å². The molecule has 4 rings (SSSR count). The van der Waals surface area contributed by atoms with E-state index < -0.39 is 0 Å². The molecule has 2 aromatic rings. The van der Waals surface area contributed by atoms with Crippen LogP contribution < -0.4 is 4.90 Å². The Kier molecular flexibility index (Phi) is 3.88. The molecule has 1 aliphatic carbocycles. The van der Waals surface area contributed by atoms with Crippen molar-refractivity contribution in [1.82, 2.24) is 9.55 Å². The molecule has 0 spiro atoms. The Labute approximate surface area is 139 Å². The Morgan fingerprint density at radius 2 is 2.04 bits per heavy atom. The summed E-state index contributed by atoms with van der Waals surface area (Å²) in [6.45, 7) is 8.16. The molecule has 2 heterocycles. The Hall–Kier alpha value is -1.77. The van der Waals surface area contributed by atoms with Gasteiger partial charge in [0.25, 0.3) is 0 Å². The average molecular weight is 309 g/mol. The van der Waals surface area contributed by atoms with E-state index in [1.165, 1.54) is 66.6 Å². The highest BCUT2D eigenvalue weighted by molar-refractivity contribution is 5.86. The molecule has 1 aromatic carbocycles. The van der Waals surface area contributed by atoms with Gasteiger partial charge < -0.3 is 9.47 Å². The van der Waals surface area contributed by atoms with E-state index in [4.69, 9.17) is 4.98 Å². The number of imidazole rings is 1. The average Bonchev–Trinajstić information content (AvgIpc) is 2.92. The predicted octanol–water partition coefficient (Wildman–Crippen LogP) is 4.79. The first-order valence-electron chi connectivity index (χ1n) is 9.16. The summed E-state index contributed by atoms with van der Waals surface area (Å²) >= 11 is 0. The van der Waals surface area contributed by atoms with Crippen molar-refractivity contribution in [2.45, 2.75) is 57.9 Å². The van der Waals surface area contributed by atoms with Crippen LogP contribution >= 0.6 is 0 Å². The van der Waals surface area contributed by atoms with Gasteiger partial charge in [0.1, 0.15) is 5.82 Å². The zero-order valence-corrected chi connectivity index (χ0v) is 14.2. The lowest BCUT2D eigenvalue weighted by atomic mass is 9.94. The zero-order valence-electron chi connectivity index (χ0n) is 14.2. The number of benzene rings is 1. The number of hydrogen-bond donors (Lipinski definition) is 0. The van der Waals surface area contributed by atoms with Crippen LogP contribution in [0.4, 0.5) is 5.69 Å².